The standard InChI is InChI=1S/C9H11Cl2N3O/c1-4-3-6(10)13-8(11)7(4)14-9(15)5(2)12/h3,5H,12H2,1-2H3,(H,14,15)/t5-/m0/s1. The number of pyridine rings is 1. The minimum atomic E-state index is -0.601. The van der Waals surface area contributed by atoms with Crippen LogP contribution < -0.4 is 11.1 Å². The van der Waals surface area contributed by atoms with E-state index in [1.54, 1.807) is 19.9 Å². The van der Waals surface area contributed by atoms with E-state index in [4.69, 9.17) is 28.9 Å². The van der Waals surface area contributed by atoms with Crippen molar-refractivity contribution >= 4 is 34.8 Å². The van der Waals surface area contributed by atoms with Crippen molar-refractivity contribution in [3.8, 4) is 0 Å². The summed E-state index contributed by atoms with van der Waals surface area (Å²) >= 11 is 11.5. The Bertz CT molecular complexity index is 370. The van der Waals surface area contributed by atoms with Crippen LogP contribution in [0.5, 0.6) is 0 Å². The summed E-state index contributed by atoms with van der Waals surface area (Å²) < 4.78 is 0. The molecular formula is C9H11Cl2N3O. The second kappa shape index (κ2) is 4.79. The highest BCUT2D eigenvalue weighted by molar-refractivity contribution is 6.34. The Hall–Kier alpha value is -0.840. The molecule has 1 aromatic heterocycles. The van der Waals surface area contributed by atoms with Gasteiger partial charge in [0.25, 0.3) is 0 Å². The zero-order chi connectivity index (χ0) is 11.6. The number of nitrogens with one attached hydrogen (secondary N) is 1. The fourth-order valence-electron chi connectivity index (χ4n) is 0.983. The van der Waals surface area contributed by atoms with Crippen molar-refractivity contribution in [3.05, 3.63) is 21.9 Å². The Morgan fingerprint density at radius 1 is 1.60 bits per heavy atom. The maximum absolute atomic E-state index is 11.3. The normalized spacial score (nSPS) is 12.3. The molecule has 0 bridgehead atoms. The Morgan fingerprint density at radius 3 is 2.67 bits per heavy atom. The van der Waals surface area contributed by atoms with E-state index in [2.05, 4.69) is 10.3 Å². The van der Waals surface area contributed by atoms with Gasteiger partial charge >= 0.3 is 0 Å². The number of hydrogen-bond acceptors (Lipinski definition) is 3. The van der Waals surface area contributed by atoms with Gasteiger partial charge in [-0.2, -0.15) is 0 Å². The fourth-order valence-corrected chi connectivity index (χ4v) is 1.56. The summed E-state index contributed by atoms with van der Waals surface area (Å²) in [6, 6.07) is 1.01. The molecule has 1 aromatic rings. The summed E-state index contributed by atoms with van der Waals surface area (Å²) in [5.41, 5.74) is 6.60. The van der Waals surface area contributed by atoms with E-state index < -0.39 is 6.04 Å². The Morgan fingerprint density at radius 2 is 2.20 bits per heavy atom. The van der Waals surface area contributed by atoms with Crippen molar-refractivity contribution in [1.29, 1.82) is 0 Å². The molecular weight excluding hydrogens is 237 g/mol. The van der Waals surface area contributed by atoms with Crippen LogP contribution in [0.15, 0.2) is 6.07 Å². The quantitative estimate of drug-likeness (QED) is 0.786. The topological polar surface area (TPSA) is 68.0 Å². The van der Waals surface area contributed by atoms with Gasteiger partial charge in [-0.3, -0.25) is 4.79 Å². The average molecular weight is 248 g/mol. The number of aryl methyl sites for hydroxylation is 1. The van der Waals surface area contributed by atoms with E-state index in [1.165, 1.54) is 0 Å². The van der Waals surface area contributed by atoms with Crippen LogP contribution in [0.4, 0.5) is 5.69 Å². The fraction of sp³-hybridized carbons (Fsp3) is 0.333. The minimum Gasteiger partial charge on any atom is -0.322 e. The highest BCUT2D eigenvalue weighted by Gasteiger charge is 2.13. The van der Waals surface area contributed by atoms with Crippen LogP contribution in [0.1, 0.15) is 12.5 Å². The van der Waals surface area contributed by atoms with Crippen LogP contribution >= 0.6 is 23.2 Å². The zero-order valence-electron chi connectivity index (χ0n) is 8.34. The van der Waals surface area contributed by atoms with Gasteiger partial charge in [0.05, 0.1) is 11.7 Å². The lowest BCUT2D eigenvalue weighted by atomic mass is 10.2. The lowest BCUT2D eigenvalue weighted by molar-refractivity contribution is -0.117. The van der Waals surface area contributed by atoms with E-state index in [0.29, 0.717) is 5.69 Å². The molecule has 0 aliphatic rings. The molecule has 15 heavy (non-hydrogen) atoms. The second-order valence-electron chi connectivity index (χ2n) is 3.21. The van der Waals surface area contributed by atoms with Crippen LogP contribution in [-0.2, 0) is 4.79 Å². The number of aromatic nitrogens is 1. The zero-order valence-corrected chi connectivity index (χ0v) is 9.86. The molecule has 1 heterocycles. The highest BCUT2D eigenvalue weighted by Crippen LogP contribution is 2.26. The van der Waals surface area contributed by atoms with Crippen LogP contribution in [0, 0.1) is 6.92 Å². The number of rotatable bonds is 2. The first kappa shape index (κ1) is 12.2. The number of halogens is 2. The van der Waals surface area contributed by atoms with Gasteiger partial charge in [0, 0.05) is 0 Å². The predicted molar refractivity (Wildman–Crippen MR) is 61.3 cm³/mol. The van der Waals surface area contributed by atoms with Crippen LogP contribution in [0.2, 0.25) is 10.3 Å². The third kappa shape index (κ3) is 3.06. The lowest BCUT2D eigenvalue weighted by Crippen LogP contribution is -2.32. The average Bonchev–Trinajstić information content (AvgIpc) is 2.10. The molecule has 0 saturated carbocycles. The first-order valence-electron chi connectivity index (χ1n) is 4.31. The minimum absolute atomic E-state index is 0.161. The van der Waals surface area contributed by atoms with Gasteiger partial charge in [-0.1, -0.05) is 23.2 Å². The van der Waals surface area contributed by atoms with E-state index in [0.717, 1.165) is 5.56 Å². The number of carbonyl (C=O) groups is 1. The molecule has 1 amide bonds. The van der Waals surface area contributed by atoms with Crippen molar-refractivity contribution in [1.82, 2.24) is 4.98 Å². The molecule has 0 unspecified atom stereocenters. The van der Waals surface area contributed by atoms with Gasteiger partial charge in [-0.25, -0.2) is 4.98 Å². The lowest BCUT2D eigenvalue weighted by Gasteiger charge is -2.11. The smallest absolute Gasteiger partial charge is 0.241 e. The maximum atomic E-state index is 11.3. The van der Waals surface area contributed by atoms with Crippen molar-refractivity contribution in [2.45, 2.75) is 19.9 Å². The summed E-state index contributed by atoms with van der Waals surface area (Å²) in [4.78, 5) is 15.2. The third-order valence-corrected chi connectivity index (χ3v) is 2.27. The van der Waals surface area contributed by atoms with Gasteiger partial charge in [0.2, 0.25) is 5.91 Å². The van der Waals surface area contributed by atoms with Crippen molar-refractivity contribution in [2.75, 3.05) is 5.32 Å². The SMILES string of the molecule is Cc1cc(Cl)nc(Cl)c1NC(=O)[C@H](C)N. The Labute approximate surface area is 97.8 Å². The number of hydrogen-bond donors (Lipinski definition) is 2. The Kier molecular flexibility index (Phi) is 3.90. The molecule has 0 spiro atoms. The number of anilines is 1. The van der Waals surface area contributed by atoms with Gasteiger partial charge in [-0.15, -0.1) is 0 Å². The van der Waals surface area contributed by atoms with E-state index in [1.807, 2.05) is 0 Å². The van der Waals surface area contributed by atoms with Gasteiger partial charge in [-0.05, 0) is 25.5 Å². The van der Waals surface area contributed by atoms with Gasteiger partial charge in [0.1, 0.15) is 5.15 Å². The summed E-state index contributed by atoms with van der Waals surface area (Å²) in [5.74, 6) is -0.316. The molecule has 1 rings (SSSR count). The van der Waals surface area contributed by atoms with Crippen LogP contribution in [0.25, 0.3) is 0 Å². The highest BCUT2D eigenvalue weighted by atomic mass is 35.5. The summed E-state index contributed by atoms with van der Waals surface area (Å²) in [6.45, 7) is 3.36. The molecule has 82 valence electrons. The summed E-state index contributed by atoms with van der Waals surface area (Å²) in [6.07, 6.45) is 0. The van der Waals surface area contributed by atoms with E-state index in [9.17, 15) is 4.79 Å². The molecule has 4 nitrogen and oxygen atoms in total. The van der Waals surface area contributed by atoms with Crippen molar-refractivity contribution in [2.24, 2.45) is 5.73 Å². The van der Waals surface area contributed by atoms with Crippen molar-refractivity contribution < 1.29 is 4.79 Å². The molecule has 0 aliphatic carbocycles. The number of nitrogens with zero attached hydrogens (tertiary/aromatic N) is 1. The molecule has 3 N–H and O–H groups in total. The second-order valence-corrected chi connectivity index (χ2v) is 3.95. The summed E-state index contributed by atoms with van der Waals surface area (Å²) in [5, 5.41) is 3.04. The predicted octanol–water partition coefficient (Wildman–Crippen LogP) is 1.98. The molecule has 1 atom stereocenters. The molecule has 0 aromatic carbocycles. The molecule has 0 saturated heterocycles. The van der Waals surface area contributed by atoms with Crippen molar-refractivity contribution in [3.63, 3.8) is 0 Å². The maximum Gasteiger partial charge on any atom is 0.241 e. The summed E-state index contributed by atoms with van der Waals surface area (Å²) in [7, 11) is 0. The van der Waals surface area contributed by atoms with Gasteiger partial charge < -0.3 is 11.1 Å². The monoisotopic (exact) mass is 247 g/mol. The Balaban J connectivity index is 3.00. The first-order valence-corrected chi connectivity index (χ1v) is 5.06. The molecule has 0 fully saturated rings. The van der Waals surface area contributed by atoms with E-state index >= 15 is 0 Å². The van der Waals surface area contributed by atoms with Crippen LogP contribution in [0.3, 0.4) is 0 Å². The number of nitrogens with two attached hydrogens (primary N) is 1. The molecule has 0 radical (unpaired) electrons. The number of carbonyl (C=O) groups excluding carboxylic acids is 1. The number of amides is 1. The van der Waals surface area contributed by atoms with Crippen LogP contribution in [-0.4, -0.2) is 16.9 Å². The third-order valence-electron chi connectivity index (χ3n) is 1.80. The molecule has 6 heteroatoms. The largest absolute Gasteiger partial charge is 0.322 e. The van der Waals surface area contributed by atoms with Gasteiger partial charge in [0.15, 0.2) is 5.15 Å². The molecule has 0 aliphatic heterocycles. The first-order chi connectivity index (χ1) is 6.91. The van der Waals surface area contributed by atoms with E-state index in [-0.39, 0.29) is 16.2 Å².